The van der Waals surface area contributed by atoms with Crippen LogP contribution >= 0.6 is 74.2 Å². The second-order valence-electron chi connectivity index (χ2n) is 30.4. The largest absolute Gasteiger partial charge is 0.473 e. The first kappa shape index (κ1) is 99.1. The first-order chi connectivity index (χ1) is 68.2. The Bertz CT molecular complexity index is 7720. The van der Waals surface area contributed by atoms with Crippen molar-refractivity contribution in [1.29, 1.82) is 10.5 Å². The lowest BCUT2D eigenvalue weighted by molar-refractivity contribution is -0.385. The Morgan fingerprint density at radius 2 is 1.04 bits per heavy atom. The number of nitro groups is 3. The number of halogens is 6. The summed E-state index contributed by atoms with van der Waals surface area (Å²) in [5.41, 5.74) is 8.47. The van der Waals surface area contributed by atoms with Crippen LogP contribution in [0.5, 0.6) is 5.75 Å². The van der Waals surface area contributed by atoms with Crippen LogP contribution in [0.2, 0.25) is 10.0 Å². The van der Waals surface area contributed by atoms with Crippen LogP contribution in [0, 0.1) is 53.0 Å². The number of para-hydroxylation sites is 4. The molecule has 0 fully saturated rings. The number of carbonyl (C=O) groups is 3. The summed E-state index contributed by atoms with van der Waals surface area (Å²) in [6.07, 6.45) is -4.34. The third-order valence-electron chi connectivity index (χ3n) is 21.3. The number of nitriles is 2. The van der Waals surface area contributed by atoms with Crippen molar-refractivity contribution in [2.24, 2.45) is 20.5 Å². The lowest BCUT2D eigenvalue weighted by atomic mass is 9.84. The molecule has 15 aromatic carbocycles. The quantitative estimate of drug-likeness (QED) is 0.0169. The average molecular weight is 2060 g/mol. The smallest absolute Gasteiger partial charge is 0.418 e. The van der Waals surface area contributed by atoms with Gasteiger partial charge in [0.15, 0.2) is 24.1 Å². The highest BCUT2D eigenvalue weighted by molar-refractivity contribution is 9.10. The molecule has 37 heteroatoms. The number of non-ortho nitro benzene ring substituents is 2. The average Bonchev–Trinajstić information content (AvgIpc) is 1.23. The number of azo groups is 2. The van der Waals surface area contributed by atoms with E-state index < -0.39 is 47.9 Å². The molecule has 0 saturated heterocycles. The molecule has 4 N–H and O–H groups in total. The van der Waals surface area contributed by atoms with Crippen molar-refractivity contribution in [3.63, 3.8) is 0 Å². The summed E-state index contributed by atoms with van der Waals surface area (Å²) in [5, 5.41) is 74.9. The van der Waals surface area contributed by atoms with E-state index in [0.29, 0.717) is 64.0 Å². The van der Waals surface area contributed by atoms with E-state index in [0.717, 1.165) is 97.9 Å². The molecule has 0 bridgehead atoms. The van der Waals surface area contributed by atoms with E-state index in [1.165, 1.54) is 71.5 Å². The molecule has 2 aliphatic carbocycles. The van der Waals surface area contributed by atoms with Gasteiger partial charge < -0.3 is 25.3 Å². The SMILES string of the molecule is N#CCCN(CCC#N)c1ccc(N=Nc2c(Br)cc([N+](=O)[O-])cc2C(F)(F)F)cc1.O=C1c2c(NCOc3ccccc3)cccc2-c2nsc3cccc1c23.O=C1c2cccc(Sc3ccccc3)c2C(=O)c2c(Sc3ccccc3)cccc21.O=[N+]([O-])c1cc(Cl)c(N=Nc2c(-c3ccccc3)[nH]c3ccccc23)c(Cl)c1.O=[N+]([O-])c1cc(S(=O)(=O)Nc2ccccc2)ccc1Nc1ccccc1. The van der Waals surface area contributed by atoms with Gasteiger partial charge in [-0.15, -0.1) is 15.3 Å². The molecule has 0 atom stereocenters. The number of alkyl halides is 3. The number of H-pyrrole nitrogens is 1. The fourth-order valence-electron chi connectivity index (χ4n) is 14.8. The first-order valence-electron chi connectivity index (χ1n) is 42.5. The number of rotatable bonds is 26. The van der Waals surface area contributed by atoms with E-state index in [-0.39, 0.29) is 84.8 Å². The van der Waals surface area contributed by atoms with Crippen molar-refractivity contribution in [2.75, 3.05) is 40.1 Å². The third-order valence-corrected chi connectivity index (χ3v) is 26.8. The van der Waals surface area contributed by atoms with Crippen molar-refractivity contribution in [3.05, 3.63) is 430 Å². The molecule has 2 aliphatic rings. The number of nitrogens with zero attached hydrogens (tertiary/aromatic N) is 11. The van der Waals surface area contributed by atoms with Gasteiger partial charge in [0.2, 0.25) is 0 Å². The molecule has 0 amide bonds. The number of aromatic nitrogens is 2. The number of fused-ring (bicyclic) bond motifs is 5. The maximum atomic E-state index is 13.7. The first-order valence-corrected chi connectivity index (χ1v) is 47.9. The summed E-state index contributed by atoms with van der Waals surface area (Å²) in [6.45, 7) is 1.12. The fraction of sp³-hybridized carbons (Fsp3) is 0.0577. The standard InChI is InChI=1S/C26H16O2S2.C21H14N2O2S.C20H12Cl2N4O2.C19H14BrF3N6O2.C18H15N3O4S/c27-25-19-13-7-15-21(29-17-9-3-1-4-10-17)23(19)26(28)24-20(25)14-8-16-22(24)30-18-11-5-2-6-12-18;24-21-15-9-5-11-17-19(15)20(23-26-17)14-8-4-10-16(18(14)21)22-12-25-13-6-2-1-3-7-13;21-15-10-13(26(27)28)11-16(22)20(15)25-24-19-14-8-4-5-9-17(14)23-18(19)12-6-2-1-3-7-12;20-17-12-15(29(30)31)11-16(19(21,22)23)18(17)27-26-13-3-5-14(6-4-13)28(9-1-7-24)10-2-8-25;22-21(23)18-13-16(26(24,25)20-15-9-5-2-6-10-15)11-12-17(18)19-14-7-3-1-4-8-14/h1-16H;1-11,22H,12H2;1-11,23H;3-6,11-12H,1-2,9-10H2;1-13,19-20H. The normalized spacial score (nSPS) is 11.6. The Kier molecular flexibility index (Phi) is 32.1. The van der Waals surface area contributed by atoms with Crippen molar-refractivity contribution in [3.8, 4) is 40.4 Å². The second kappa shape index (κ2) is 45.7. The van der Waals surface area contributed by atoms with Gasteiger partial charge in [-0.2, -0.15) is 33.2 Å². The molecule has 2 heterocycles. The van der Waals surface area contributed by atoms with Crippen molar-refractivity contribution >= 4 is 191 Å². The Morgan fingerprint density at radius 3 is 1.62 bits per heavy atom. The van der Waals surface area contributed by atoms with Gasteiger partial charge in [0.1, 0.15) is 28.5 Å². The molecule has 17 aromatic rings. The molecule has 0 unspecified atom stereocenters. The van der Waals surface area contributed by atoms with Crippen LogP contribution in [0.3, 0.4) is 0 Å². The Hall–Kier alpha value is -16.4. The van der Waals surface area contributed by atoms with Crippen LogP contribution in [0.15, 0.2) is 395 Å². The van der Waals surface area contributed by atoms with Gasteiger partial charge in [-0.3, -0.25) is 49.4 Å². The van der Waals surface area contributed by atoms with Crippen LogP contribution in [0.4, 0.5) is 81.4 Å². The van der Waals surface area contributed by atoms with Crippen LogP contribution in [0.25, 0.3) is 43.5 Å². The number of aromatic amines is 1. The summed E-state index contributed by atoms with van der Waals surface area (Å²) >= 11 is 19.6. The van der Waals surface area contributed by atoms with E-state index in [1.807, 2.05) is 229 Å². The Balaban J connectivity index is 0.000000133. The Morgan fingerprint density at radius 1 is 0.518 bits per heavy atom. The lowest BCUT2D eigenvalue weighted by Gasteiger charge is -2.22. The minimum atomic E-state index is -4.87. The van der Waals surface area contributed by atoms with E-state index >= 15 is 0 Å². The molecule has 27 nitrogen and oxygen atoms in total. The number of benzene rings is 15. The van der Waals surface area contributed by atoms with Gasteiger partial charge >= 0.3 is 6.18 Å². The number of sulfonamides is 1. The topological polar surface area (TPSA) is 389 Å². The summed E-state index contributed by atoms with van der Waals surface area (Å²) in [7, 11) is -3.94. The third kappa shape index (κ3) is 24.1. The van der Waals surface area contributed by atoms with Gasteiger partial charge in [0.05, 0.1) is 92.1 Å². The summed E-state index contributed by atoms with van der Waals surface area (Å²) in [6, 6.07) is 105. The maximum Gasteiger partial charge on any atom is 0.418 e. The van der Waals surface area contributed by atoms with Crippen molar-refractivity contribution in [2.45, 2.75) is 43.5 Å². The molecule has 0 saturated carbocycles. The van der Waals surface area contributed by atoms with E-state index in [2.05, 4.69) is 61.1 Å². The number of carbonyl (C=O) groups excluding carboxylic acids is 3. The number of nitro benzene ring substituents is 3. The minimum Gasteiger partial charge on any atom is -0.473 e. The highest BCUT2D eigenvalue weighted by Gasteiger charge is 2.38. The van der Waals surface area contributed by atoms with Gasteiger partial charge in [-0.1, -0.05) is 235 Å². The van der Waals surface area contributed by atoms with Crippen molar-refractivity contribution < 1.29 is 55.5 Å². The molecular formula is C104H71BrCl2F3N15O12S4. The molecule has 0 spiro atoms. The molecular weight excluding hydrogens is 1990 g/mol. The second-order valence-corrected chi connectivity index (χ2v) is 36.8. The van der Waals surface area contributed by atoms with Crippen molar-refractivity contribution in [1.82, 2.24) is 9.36 Å². The van der Waals surface area contributed by atoms with Crippen LogP contribution in [-0.4, -0.2) is 69.7 Å². The molecule has 700 valence electrons. The molecule has 19 rings (SSSR count). The zero-order chi connectivity index (χ0) is 99.3. The van der Waals surface area contributed by atoms with E-state index in [4.69, 9.17) is 38.5 Å². The monoisotopic (exact) mass is 2060 g/mol. The number of hydrogen-bond acceptors (Lipinski definition) is 25. The fourth-order valence-corrected chi connectivity index (χ4v) is 19.7. The summed E-state index contributed by atoms with van der Waals surface area (Å²) < 4.78 is 78.6. The lowest BCUT2D eigenvalue weighted by Crippen LogP contribution is -2.25. The maximum absolute atomic E-state index is 13.7. The van der Waals surface area contributed by atoms with Gasteiger partial charge in [-0.05, 0) is 155 Å². The minimum absolute atomic E-state index is 0.0288. The van der Waals surface area contributed by atoms with Gasteiger partial charge in [0.25, 0.3) is 27.1 Å². The zero-order valence-electron chi connectivity index (χ0n) is 73.2. The van der Waals surface area contributed by atoms with Gasteiger partial charge in [0, 0.05) is 141 Å². The summed E-state index contributed by atoms with van der Waals surface area (Å²) in [4.78, 5) is 79.9. The van der Waals surface area contributed by atoms with Crippen LogP contribution in [0.1, 0.15) is 66.2 Å². The Labute approximate surface area is 833 Å². The molecule has 0 aliphatic heterocycles. The number of ether oxygens (including phenoxy) is 1. The van der Waals surface area contributed by atoms with E-state index in [9.17, 15) is 66.3 Å². The van der Waals surface area contributed by atoms with Crippen LogP contribution in [-0.2, 0) is 16.2 Å². The number of ketones is 3. The molecule has 141 heavy (non-hydrogen) atoms. The number of nitrogens with one attached hydrogen (secondary N) is 4. The number of anilines is 5. The molecule has 0 radical (unpaired) electrons. The van der Waals surface area contributed by atoms with Gasteiger partial charge in [-0.25, -0.2) is 8.42 Å². The predicted octanol–water partition coefficient (Wildman–Crippen LogP) is 29.8. The number of hydrogen-bond donors (Lipinski definition) is 4. The van der Waals surface area contributed by atoms with Crippen LogP contribution < -0.4 is 25.0 Å². The molecule has 2 aromatic heterocycles. The summed E-state index contributed by atoms with van der Waals surface area (Å²) in [5.74, 6) is 0.632. The van der Waals surface area contributed by atoms with E-state index in [1.54, 1.807) is 78.9 Å². The predicted molar refractivity (Wildman–Crippen MR) is 545 cm³/mol. The highest BCUT2D eigenvalue weighted by Crippen LogP contribution is 2.49. The highest BCUT2D eigenvalue weighted by atomic mass is 79.9. The zero-order valence-corrected chi connectivity index (χ0v) is 79.5.